The van der Waals surface area contributed by atoms with Gasteiger partial charge in [0.25, 0.3) is 0 Å². The first-order chi connectivity index (χ1) is 20.7. The van der Waals surface area contributed by atoms with Gasteiger partial charge in [0.2, 0.25) is 10.0 Å². The number of fused-ring (bicyclic) bond motifs is 1. The second-order valence-corrected chi connectivity index (χ2v) is 13.4. The normalized spacial score (nSPS) is 21.5. The van der Waals surface area contributed by atoms with Gasteiger partial charge in [-0.15, -0.1) is 0 Å². The van der Waals surface area contributed by atoms with Gasteiger partial charge in [-0.2, -0.15) is 4.31 Å². The van der Waals surface area contributed by atoms with E-state index in [0.717, 1.165) is 23.1 Å². The third-order valence-electron chi connectivity index (χ3n) is 7.77. The van der Waals surface area contributed by atoms with Crippen LogP contribution in [0.15, 0.2) is 84.0 Å². The Balaban J connectivity index is 1.33. The number of benzene rings is 2. The molecular weight excluding hydrogens is 570 g/mol. The van der Waals surface area contributed by atoms with Crippen molar-refractivity contribution in [2.24, 2.45) is 11.8 Å². The Morgan fingerprint density at radius 3 is 2.42 bits per heavy atom. The third kappa shape index (κ3) is 7.79. The van der Waals surface area contributed by atoms with Crippen LogP contribution in [0.2, 0.25) is 0 Å². The second-order valence-electron chi connectivity index (χ2n) is 11.5. The molecule has 0 saturated carbocycles. The van der Waals surface area contributed by atoms with Crippen LogP contribution in [0.1, 0.15) is 25.8 Å². The lowest BCUT2D eigenvalue weighted by atomic mass is 10.0. The minimum Gasteiger partial charge on any atom is -0.443 e. The maximum atomic E-state index is 13.9. The molecule has 5 atom stereocenters. The van der Waals surface area contributed by atoms with Gasteiger partial charge in [0.05, 0.1) is 36.2 Å². The number of nitrogens with one attached hydrogen (secondary N) is 1. The summed E-state index contributed by atoms with van der Waals surface area (Å²) >= 11 is 0. The number of amides is 1. The van der Waals surface area contributed by atoms with Crippen LogP contribution < -0.4 is 5.32 Å². The first-order valence-corrected chi connectivity index (χ1v) is 16.1. The summed E-state index contributed by atoms with van der Waals surface area (Å²) in [6, 6.07) is 19.0. The molecule has 2 aliphatic heterocycles. The highest BCUT2D eigenvalue weighted by Crippen LogP contribution is 2.33. The van der Waals surface area contributed by atoms with Crippen molar-refractivity contribution < 1.29 is 32.5 Å². The minimum atomic E-state index is -3.97. The highest BCUT2D eigenvalue weighted by atomic mass is 32.2. The van der Waals surface area contributed by atoms with Crippen LogP contribution in [-0.4, -0.2) is 79.7 Å². The molecule has 2 N–H and O–H groups in total. The average molecular weight is 610 g/mol. The first-order valence-electron chi connectivity index (χ1n) is 14.6. The number of pyridine rings is 1. The van der Waals surface area contributed by atoms with Crippen molar-refractivity contribution in [2.45, 2.75) is 56.1 Å². The molecule has 0 bridgehead atoms. The van der Waals surface area contributed by atoms with E-state index in [0.29, 0.717) is 6.61 Å². The first kappa shape index (κ1) is 31.1. The molecule has 2 fully saturated rings. The number of aliphatic hydroxyl groups is 1. The molecular formula is C32H39N3O7S. The molecule has 2 aromatic carbocycles. The molecule has 1 aromatic heterocycles. The SMILES string of the molecule is CC(C)CN(C[C@@H](O)[C@H](Cc1ccccc1)NC(=O)O[C@H]1CO[C@H]2OCC[C@H]21)S(=O)(=O)c1ccc(-c2ccncc2)cc1. The summed E-state index contributed by atoms with van der Waals surface area (Å²) in [4.78, 5) is 17.2. The van der Waals surface area contributed by atoms with Gasteiger partial charge in [-0.1, -0.05) is 56.3 Å². The lowest BCUT2D eigenvalue weighted by Gasteiger charge is -2.31. The van der Waals surface area contributed by atoms with Gasteiger partial charge in [-0.05, 0) is 59.7 Å². The van der Waals surface area contributed by atoms with Crippen molar-refractivity contribution in [3.8, 4) is 11.1 Å². The molecule has 0 aliphatic carbocycles. The van der Waals surface area contributed by atoms with Crippen molar-refractivity contribution in [1.29, 1.82) is 0 Å². The summed E-state index contributed by atoms with van der Waals surface area (Å²) in [5, 5.41) is 14.3. The largest absolute Gasteiger partial charge is 0.443 e. The summed E-state index contributed by atoms with van der Waals surface area (Å²) in [7, 11) is -3.97. The number of aliphatic hydroxyl groups excluding tert-OH is 1. The molecule has 11 heteroatoms. The quantitative estimate of drug-likeness (QED) is 0.317. The van der Waals surface area contributed by atoms with Crippen molar-refractivity contribution in [3.63, 3.8) is 0 Å². The molecule has 3 aromatic rings. The van der Waals surface area contributed by atoms with Crippen molar-refractivity contribution >= 4 is 16.1 Å². The fourth-order valence-corrected chi connectivity index (χ4v) is 7.17. The lowest BCUT2D eigenvalue weighted by Crippen LogP contribution is -2.51. The molecule has 0 radical (unpaired) electrons. The fourth-order valence-electron chi connectivity index (χ4n) is 5.55. The zero-order valence-electron chi connectivity index (χ0n) is 24.4. The smallest absolute Gasteiger partial charge is 0.407 e. The number of carbonyl (C=O) groups is 1. The summed E-state index contributed by atoms with van der Waals surface area (Å²) < 4.78 is 45.8. The molecule has 10 nitrogen and oxygen atoms in total. The Hall–Kier alpha value is -3.35. The van der Waals surface area contributed by atoms with E-state index in [1.165, 1.54) is 4.31 Å². The van der Waals surface area contributed by atoms with Crippen LogP contribution in [0.4, 0.5) is 4.79 Å². The number of rotatable bonds is 12. The monoisotopic (exact) mass is 609 g/mol. The van der Waals surface area contributed by atoms with Gasteiger partial charge in [0, 0.05) is 25.5 Å². The van der Waals surface area contributed by atoms with Crippen LogP contribution in [0.3, 0.4) is 0 Å². The van der Waals surface area contributed by atoms with Crippen LogP contribution >= 0.6 is 0 Å². The molecule has 3 heterocycles. The van der Waals surface area contributed by atoms with Gasteiger partial charge in [-0.25, -0.2) is 13.2 Å². The van der Waals surface area contributed by atoms with Crippen LogP contribution in [0.5, 0.6) is 0 Å². The van der Waals surface area contributed by atoms with Gasteiger partial charge >= 0.3 is 6.09 Å². The van der Waals surface area contributed by atoms with E-state index < -0.39 is 34.4 Å². The summed E-state index contributed by atoms with van der Waals surface area (Å²) in [6.45, 7) is 4.62. The van der Waals surface area contributed by atoms with E-state index in [4.69, 9.17) is 14.2 Å². The third-order valence-corrected chi connectivity index (χ3v) is 9.62. The van der Waals surface area contributed by atoms with Crippen molar-refractivity contribution in [1.82, 2.24) is 14.6 Å². The van der Waals surface area contributed by atoms with Gasteiger partial charge in [-0.3, -0.25) is 4.98 Å². The lowest BCUT2D eigenvalue weighted by molar-refractivity contribution is -0.0907. The number of hydrogen-bond donors (Lipinski definition) is 2. The number of alkyl carbamates (subject to hydrolysis) is 1. The van der Waals surface area contributed by atoms with Crippen LogP contribution in [0, 0.1) is 11.8 Å². The van der Waals surface area contributed by atoms with E-state index in [1.54, 1.807) is 36.7 Å². The molecule has 43 heavy (non-hydrogen) atoms. The van der Waals surface area contributed by atoms with E-state index in [2.05, 4.69) is 10.3 Å². The number of carbonyl (C=O) groups excluding carboxylic acids is 1. The zero-order chi connectivity index (χ0) is 30.4. The Labute approximate surface area is 253 Å². The van der Waals surface area contributed by atoms with Crippen molar-refractivity contribution in [3.05, 3.63) is 84.7 Å². The Morgan fingerprint density at radius 1 is 1.02 bits per heavy atom. The number of sulfonamides is 1. The molecule has 2 aliphatic rings. The molecule has 230 valence electrons. The van der Waals surface area contributed by atoms with E-state index in [9.17, 15) is 18.3 Å². The minimum absolute atomic E-state index is 0.00694. The van der Waals surface area contributed by atoms with Gasteiger partial charge < -0.3 is 24.6 Å². The predicted octanol–water partition coefficient (Wildman–Crippen LogP) is 3.86. The Morgan fingerprint density at radius 2 is 1.72 bits per heavy atom. The Bertz CT molecular complexity index is 1440. The predicted molar refractivity (Wildman–Crippen MR) is 160 cm³/mol. The maximum absolute atomic E-state index is 13.9. The number of ether oxygens (including phenoxy) is 3. The number of hydrogen-bond acceptors (Lipinski definition) is 8. The Kier molecular flexibility index (Phi) is 10.1. The number of nitrogens with zero attached hydrogens (tertiary/aromatic N) is 2. The molecule has 1 amide bonds. The van der Waals surface area contributed by atoms with Gasteiger partial charge in [0.15, 0.2) is 6.29 Å². The molecule has 0 spiro atoms. The average Bonchev–Trinajstić information content (AvgIpc) is 3.62. The van der Waals surface area contributed by atoms with Crippen LogP contribution in [-0.2, 0) is 30.7 Å². The summed E-state index contributed by atoms with van der Waals surface area (Å²) in [5.41, 5.74) is 2.67. The zero-order valence-corrected chi connectivity index (χ0v) is 25.2. The fraction of sp³-hybridized carbons (Fsp3) is 0.438. The summed E-state index contributed by atoms with van der Waals surface area (Å²) in [6.07, 6.45) is 1.66. The topological polar surface area (TPSA) is 127 Å². The maximum Gasteiger partial charge on any atom is 0.407 e. The molecule has 5 rings (SSSR count). The molecule has 0 unspecified atom stereocenters. The number of aromatic nitrogens is 1. The standard InChI is InChI=1S/C32H39N3O7S/c1-22(2)19-35(43(38,39)26-10-8-24(9-11-26)25-12-15-33-16-13-25)20-29(36)28(18-23-6-4-3-5-7-23)34-32(37)42-30-21-41-31-27(30)14-17-40-31/h3-13,15-16,22,27-31,36H,14,17-21H2,1-2H3,(H,34,37)/t27-,28-,29+,30-,31+/m0/s1. The van der Waals surface area contributed by atoms with E-state index in [-0.39, 0.29) is 49.1 Å². The van der Waals surface area contributed by atoms with Crippen LogP contribution in [0.25, 0.3) is 11.1 Å². The van der Waals surface area contributed by atoms with Gasteiger partial charge in [0.1, 0.15) is 6.10 Å². The highest BCUT2D eigenvalue weighted by molar-refractivity contribution is 7.89. The second kappa shape index (κ2) is 14.0. The summed E-state index contributed by atoms with van der Waals surface area (Å²) in [5.74, 6) is -0.0348. The highest BCUT2D eigenvalue weighted by Gasteiger charge is 2.44. The van der Waals surface area contributed by atoms with E-state index >= 15 is 0 Å². The molecule has 2 saturated heterocycles. The van der Waals surface area contributed by atoms with E-state index in [1.807, 2.05) is 56.3 Å². The van der Waals surface area contributed by atoms with Crippen molar-refractivity contribution in [2.75, 3.05) is 26.3 Å².